The summed E-state index contributed by atoms with van der Waals surface area (Å²) in [4.78, 5) is 0.286. The molecule has 196 valence electrons. The van der Waals surface area contributed by atoms with Crippen LogP contribution >= 0.6 is 0 Å². The number of halogens is 1. The van der Waals surface area contributed by atoms with Crippen molar-refractivity contribution in [3.8, 4) is 0 Å². The molecule has 2 aromatic rings. The van der Waals surface area contributed by atoms with Gasteiger partial charge in [-0.05, 0) is 77.4 Å². The van der Waals surface area contributed by atoms with Crippen molar-refractivity contribution in [3.63, 3.8) is 0 Å². The van der Waals surface area contributed by atoms with Crippen LogP contribution < -0.4 is 10.4 Å². The zero-order valence-corrected chi connectivity index (χ0v) is 22.5. The average Bonchev–Trinajstić information content (AvgIpc) is 3.29. The number of hydrazine groups is 1. The Morgan fingerprint density at radius 3 is 2.41 bits per heavy atom. The number of benzene rings is 2. The van der Waals surface area contributed by atoms with Gasteiger partial charge in [0.25, 0.3) is 0 Å². The lowest BCUT2D eigenvalue weighted by Crippen LogP contribution is -2.42. The Kier molecular flexibility index (Phi) is 6.54. The summed E-state index contributed by atoms with van der Waals surface area (Å²) in [7, 11) is -3.69. The molecule has 2 heterocycles. The van der Waals surface area contributed by atoms with Crippen LogP contribution in [0.2, 0.25) is 0 Å². The van der Waals surface area contributed by atoms with E-state index in [1.807, 2.05) is 30.3 Å². The van der Waals surface area contributed by atoms with Crippen LogP contribution in [0.5, 0.6) is 0 Å². The first-order valence-electron chi connectivity index (χ1n) is 12.8. The number of anilines is 1. The number of allylic oxidation sites excluding steroid dienone is 2. The molecule has 3 aliphatic rings. The van der Waals surface area contributed by atoms with Crippen molar-refractivity contribution in [2.75, 3.05) is 18.1 Å². The minimum absolute atomic E-state index is 0.0619. The van der Waals surface area contributed by atoms with E-state index in [1.165, 1.54) is 16.4 Å². The molecule has 5 rings (SSSR count). The maximum atomic E-state index is 13.6. The van der Waals surface area contributed by atoms with Gasteiger partial charge in [-0.25, -0.2) is 12.8 Å². The monoisotopic (exact) mass is 523 g/mol. The number of fused-ring (bicyclic) bond motifs is 1. The normalized spacial score (nSPS) is 21.1. The second kappa shape index (κ2) is 9.42. The molecule has 0 bridgehead atoms. The van der Waals surface area contributed by atoms with Crippen molar-refractivity contribution in [2.24, 2.45) is 5.92 Å². The van der Waals surface area contributed by atoms with E-state index in [0.717, 1.165) is 33.7 Å². The molecule has 0 saturated carbocycles. The van der Waals surface area contributed by atoms with Crippen LogP contribution in [0.4, 0.5) is 10.1 Å². The van der Waals surface area contributed by atoms with E-state index in [0.29, 0.717) is 19.4 Å². The number of rotatable bonds is 5. The number of sulfonamides is 1. The van der Waals surface area contributed by atoms with Crippen molar-refractivity contribution >= 4 is 15.7 Å². The second-order valence-electron chi connectivity index (χ2n) is 10.9. The molecule has 0 fully saturated rings. The Balaban J connectivity index is 1.48. The highest BCUT2D eigenvalue weighted by Gasteiger charge is 2.41. The molecule has 8 heteroatoms. The standard InChI is InChI=1S/C29H34FN3O3S/c1-5-27(34)28-24-17-31-33(22-10-8-21(30)9-11-22)26(24)16-19-14-15-32(18-25(19)28)37(35,36)23-12-6-20(7-13-23)29(2,3)4/h6-13,16-17,27-28,31,34H,5,14-15,18H2,1-4H3/t27?,28-/m0/s1. The average molecular weight is 524 g/mol. The summed E-state index contributed by atoms with van der Waals surface area (Å²) in [5.41, 5.74) is 8.85. The Bertz CT molecular complexity index is 1390. The lowest BCUT2D eigenvalue weighted by Gasteiger charge is -2.39. The Hall–Kier alpha value is -2.94. The largest absolute Gasteiger partial charge is 0.392 e. The first-order chi connectivity index (χ1) is 17.5. The molecule has 2 N–H and O–H groups in total. The minimum Gasteiger partial charge on any atom is -0.392 e. The van der Waals surface area contributed by atoms with Crippen LogP contribution in [0.3, 0.4) is 0 Å². The summed E-state index contributed by atoms with van der Waals surface area (Å²) in [6.07, 6.45) is 4.36. The van der Waals surface area contributed by atoms with E-state index in [9.17, 15) is 17.9 Å². The third-order valence-corrected chi connectivity index (χ3v) is 9.40. The third kappa shape index (κ3) is 4.62. The molecule has 1 aliphatic carbocycles. The van der Waals surface area contributed by atoms with Gasteiger partial charge in [0.05, 0.1) is 22.4 Å². The van der Waals surface area contributed by atoms with Crippen molar-refractivity contribution in [3.05, 3.63) is 94.6 Å². The van der Waals surface area contributed by atoms with Gasteiger partial charge in [-0.2, -0.15) is 4.31 Å². The summed E-state index contributed by atoms with van der Waals surface area (Å²) in [6, 6.07) is 13.4. The number of aliphatic hydroxyl groups excluding tert-OH is 1. The lowest BCUT2D eigenvalue weighted by molar-refractivity contribution is 0.132. The highest BCUT2D eigenvalue weighted by molar-refractivity contribution is 7.89. The van der Waals surface area contributed by atoms with Crippen molar-refractivity contribution in [1.82, 2.24) is 9.73 Å². The summed E-state index contributed by atoms with van der Waals surface area (Å²) in [5, 5.41) is 13.0. The fraction of sp³-hybridized carbons (Fsp3) is 0.379. The highest BCUT2D eigenvalue weighted by atomic mass is 32.2. The van der Waals surface area contributed by atoms with Gasteiger partial charge >= 0.3 is 0 Å². The summed E-state index contributed by atoms with van der Waals surface area (Å²) >= 11 is 0. The summed E-state index contributed by atoms with van der Waals surface area (Å²) in [6.45, 7) is 8.83. The molecular weight excluding hydrogens is 489 g/mol. The van der Waals surface area contributed by atoms with Gasteiger partial charge in [0.1, 0.15) is 5.82 Å². The fourth-order valence-corrected chi connectivity index (χ4v) is 6.77. The van der Waals surface area contributed by atoms with Crippen molar-refractivity contribution in [1.29, 1.82) is 0 Å². The fourth-order valence-electron chi connectivity index (χ4n) is 5.36. The predicted molar refractivity (Wildman–Crippen MR) is 144 cm³/mol. The molecule has 0 radical (unpaired) electrons. The maximum absolute atomic E-state index is 13.6. The summed E-state index contributed by atoms with van der Waals surface area (Å²) in [5.74, 6) is -0.640. The van der Waals surface area contributed by atoms with Crippen molar-refractivity contribution in [2.45, 2.75) is 57.0 Å². The molecule has 2 aromatic carbocycles. The van der Waals surface area contributed by atoms with Gasteiger partial charge in [-0.15, -0.1) is 0 Å². The molecule has 0 saturated heterocycles. The number of hydrogen-bond donors (Lipinski definition) is 2. The SMILES string of the molecule is CCC(O)[C@H]1C2=CNN(c3ccc(F)cc3)C2=CC2=C1CN(S(=O)(=O)c1ccc(C(C)(C)C)cc1)CC2. The maximum Gasteiger partial charge on any atom is 0.243 e. The second-order valence-corrected chi connectivity index (χ2v) is 12.9. The predicted octanol–water partition coefficient (Wildman–Crippen LogP) is 5.01. The van der Waals surface area contributed by atoms with E-state index >= 15 is 0 Å². The number of nitrogens with zero attached hydrogens (tertiary/aromatic N) is 2. The van der Waals surface area contributed by atoms with Crippen LogP contribution in [0.25, 0.3) is 0 Å². The van der Waals surface area contributed by atoms with Crippen molar-refractivity contribution < 1.29 is 17.9 Å². The lowest BCUT2D eigenvalue weighted by atomic mass is 9.76. The molecule has 6 nitrogen and oxygen atoms in total. The Labute approximate surface area is 218 Å². The molecule has 0 spiro atoms. The van der Waals surface area contributed by atoms with E-state index in [2.05, 4.69) is 32.3 Å². The van der Waals surface area contributed by atoms with Crippen LogP contribution in [0.1, 0.15) is 46.1 Å². The van der Waals surface area contributed by atoms with E-state index in [-0.39, 0.29) is 28.6 Å². The molecule has 0 amide bonds. The van der Waals surface area contributed by atoms with Crippen LogP contribution in [0.15, 0.2) is 88.1 Å². The number of nitrogens with one attached hydrogen (secondary N) is 1. The third-order valence-electron chi connectivity index (χ3n) is 7.54. The van der Waals surface area contributed by atoms with E-state index in [1.54, 1.807) is 24.3 Å². The van der Waals surface area contributed by atoms with Crippen LogP contribution in [-0.2, 0) is 15.4 Å². The summed E-state index contributed by atoms with van der Waals surface area (Å²) < 4.78 is 42.3. The van der Waals surface area contributed by atoms with Gasteiger partial charge < -0.3 is 10.5 Å². The van der Waals surface area contributed by atoms with Gasteiger partial charge in [-0.3, -0.25) is 5.01 Å². The topological polar surface area (TPSA) is 72.9 Å². The highest BCUT2D eigenvalue weighted by Crippen LogP contribution is 2.44. The Morgan fingerprint density at radius 1 is 1.11 bits per heavy atom. The molecule has 1 unspecified atom stereocenters. The Morgan fingerprint density at radius 2 is 1.78 bits per heavy atom. The molecule has 2 aliphatic heterocycles. The minimum atomic E-state index is -3.69. The molecule has 37 heavy (non-hydrogen) atoms. The van der Waals surface area contributed by atoms with Gasteiger partial charge in [-0.1, -0.05) is 39.8 Å². The zero-order chi connectivity index (χ0) is 26.5. The van der Waals surface area contributed by atoms with E-state index in [4.69, 9.17) is 0 Å². The quantitative estimate of drug-likeness (QED) is 0.577. The number of aliphatic hydroxyl groups is 1. The van der Waals surface area contributed by atoms with Gasteiger partial charge in [0.15, 0.2) is 0 Å². The number of hydrogen-bond acceptors (Lipinski definition) is 5. The van der Waals surface area contributed by atoms with Crippen LogP contribution in [0, 0.1) is 11.7 Å². The van der Waals surface area contributed by atoms with Gasteiger partial charge in [0, 0.05) is 30.8 Å². The first-order valence-corrected chi connectivity index (χ1v) is 14.2. The molecular formula is C29H34FN3O3S. The first kappa shape index (κ1) is 25.7. The molecule has 2 atom stereocenters. The smallest absolute Gasteiger partial charge is 0.243 e. The molecule has 0 aromatic heterocycles. The van der Waals surface area contributed by atoms with Crippen LogP contribution in [-0.4, -0.2) is 37.0 Å². The van der Waals surface area contributed by atoms with E-state index < -0.39 is 16.1 Å². The van der Waals surface area contributed by atoms with Gasteiger partial charge in [0.2, 0.25) is 10.0 Å². The zero-order valence-electron chi connectivity index (χ0n) is 21.7.